The Hall–Kier alpha value is -0.560. The standard InChI is InChI=1S/C29H48O/c1-19(2)9-8-10-20(3)22-12-13-23-21-11-14-25-27(4,5)26(30)16-18-29(25,7)24(21)15-17-28(22,23)6/h9,20,22-23,25-26,30H,8,10-18H2,1-7H3/t20-,22?,23+,25+,26+,28-,29-/m1/s1. The Morgan fingerprint density at radius 2 is 1.77 bits per heavy atom. The molecule has 0 aromatic carbocycles. The van der Waals surface area contributed by atoms with Gasteiger partial charge >= 0.3 is 0 Å². The van der Waals surface area contributed by atoms with Crippen LogP contribution < -0.4 is 0 Å². The Morgan fingerprint density at radius 3 is 2.47 bits per heavy atom. The van der Waals surface area contributed by atoms with Gasteiger partial charge in [-0.3, -0.25) is 0 Å². The van der Waals surface area contributed by atoms with Crippen molar-refractivity contribution in [1.29, 1.82) is 0 Å². The maximum Gasteiger partial charge on any atom is 0.0594 e. The van der Waals surface area contributed by atoms with E-state index in [2.05, 4.69) is 54.5 Å². The molecule has 1 N–H and O–H groups in total. The molecule has 0 amide bonds. The fourth-order valence-corrected chi connectivity index (χ4v) is 9.10. The summed E-state index contributed by atoms with van der Waals surface area (Å²) in [6.45, 7) is 16.9. The van der Waals surface area contributed by atoms with Gasteiger partial charge in [0.15, 0.2) is 0 Å². The van der Waals surface area contributed by atoms with Crippen LogP contribution >= 0.6 is 0 Å². The molecule has 170 valence electrons. The van der Waals surface area contributed by atoms with Gasteiger partial charge in [-0.05, 0) is 118 Å². The van der Waals surface area contributed by atoms with Gasteiger partial charge in [0.2, 0.25) is 0 Å². The summed E-state index contributed by atoms with van der Waals surface area (Å²) in [5.74, 6) is 3.23. The molecule has 0 heterocycles. The minimum atomic E-state index is -0.121. The summed E-state index contributed by atoms with van der Waals surface area (Å²) < 4.78 is 0. The average molecular weight is 413 g/mol. The lowest BCUT2D eigenvalue weighted by molar-refractivity contribution is -0.0931. The first-order chi connectivity index (χ1) is 14.0. The molecular formula is C29H48O. The first-order valence-electron chi connectivity index (χ1n) is 13.1. The van der Waals surface area contributed by atoms with Crippen molar-refractivity contribution in [2.75, 3.05) is 0 Å². The van der Waals surface area contributed by atoms with Crippen molar-refractivity contribution in [3.63, 3.8) is 0 Å². The summed E-state index contributed by atoms with van der Waals surface area (Å²) in [5, 5.41) is 10.8. The second-order valence-corrected chi connectivity index (χ2v) is 13.0. The lowest BCUT2D eigenvalue weighted by Crippen LogP contribution is -2.53. The van der Waals surface area contributed by atoms with E-state index in [1.54, 1.807) is 0 Å². The maximum atomic E-state index is 10.8. The predicted molar refractivity (Wildman–Crippen MR) is 128 cm³/mol. The molecule has 4 rings (SSSR count). The van der Waals surface area contributed by atoms with E-state index in [9.17, 15) is 5.11 Å². The van der Waals surface area contributed by atoms with Crippen molar-refractivity contribution in [1.82, 2.24) is 0 Å². The van der Waals surface area contributed by atoms with Gasteiger partial charge in [-0.15, -0.1) is 0 Å². The topological polar surface area (TPSA) is 20.2 Å². The van der Waals surface area contributed by atoms with Gasteiger partial charge < -0.3 is 5.11 Å². The molecule has 1 heteroatoms. The second kappa shape index (κ2) is 7.79. The minimum absolute atomic E-state index is 0.0595. The van der Waals surface area contributed by atoms with E-state index >= 15 is 0 Å². The molecule has 30 heavy (non-hydrogen) atoms. The Balaban J connectivity index is 1.59. The van der Waals surface area contributed by atoms with E-state index in [1.165, 1.54) is 63.4 Å². The van der Waals surface area contributed by atoms with E-state index < -0.39 is 0 Å². The molecule has 0 aromatic heterocycles. The van der Waals surface area contributed by atoms with Crippen LogP contribution in [0.15, 0.2) is 22.8 Å². The van der Waals surface area contributed by atoms with Crippen molar-refractivity contribution in [3.8, 4) is 0 Å². The van der Waals surface area contributed by atoms with Crippen LogP contribution in [0.4, 0.5) is 0 Å². The van der Waals surface area contributed by atoms with Gasteiger partial charge in [0.05, 0.1) is 6.10 Å². The average Bonchev–Trinajstić information content (AvgIpc) is 3.02. The Kier molecular flexibility index (Phi) is 5.87. The third-order valence-electron chi connectivity index (χ3n) is 10.8. The van der Waals surface area contributed by atoms with Gasteiger partial charge in [-0.1, -0.05) is 57.4 Å². The van der Waals surface area contributed by atoms with E-state index in [-0.39, 0.29) is 11.5 Å². The van der Waals surface area contributed by atoms with E-state index in [1.807, 2.05) is 11.1 Å². The fraction of sp³-hybridized carbons (Fsp3) is 0.862. The highest BCUT2D eigenvalue weighted by Gasteiger charge is 2.59. The lowest BCUT2D eigenvalue weighted by Gasteiger charge is -2.60. The molecular weight excluding hydrogens is 364 g/mol. The Labute approximate surface area is 186 Å². The molecule has 7 atom stereocenters. The molecule has 2 fully saturated rings. The van der Waals surface area contributed by atoms with Crippen LogP contribution in [0.3, 0.4) is 0 Å². The van der Waals surface area contributed by atoms with Gasteiger partial charge in [0.1, 0.15) is 0 Å². The fourth-order valence-electron chi connectivity index (χ4n) is 9.10. The number of hydrogen-bond acceptors (Lipinski definition) is 1. The summed E-state index contributed by atoms with van der Waals surface area (Å²) in [6, 6.07) is 0. The first-order valence-corrected chi connectivity index (χ1v) is 13.1. The molecule has 0 bridgehead atoms. The normalized spacial score (nSPS) is 43.5. The van der Waals surface area contributed by atoms with Crippen LogP contribution in [-0.2, 0) is 0 Å². The zero-order chi connectivity index (χ0) is 21.9. The van der Waals surface area contributed by atoms with E-state index in [0.717, 1.165) is 24.2 Å². The van der Waals surface area contributed by atoms with Crippen LogP contribution in [0.1, 0.15) is 113 Å². The van der Waals surface area contributed by atoms with Gasteiger partial charge in [0, 0.05) is 0 Å². The highest BCUT2D eigenvalue weighted by molar-refractivity contribution is 5.35. The molecule has 1 unspecified atom stereocenters. The smallest absolute Gasteiger partial charge is 0.0594 e. The first kappa shape index (κ1) is 22.6. The summed E-state index contributed by atoms with van der Waals surface area (Å²) >= 11 is 0. The maximum absolute atomic E-state index is 10.8. The van der Waals surface area contributed by atoms with Gasteiger partial charge in [0.25, 0.3) is 0 Å². The molecule has 0 spiro atoms. The molecule has 0 aromatic rings. The van der Waals surface area contributed by atoms with Crippen molar-refractivity contribution in [2.45, 2.75) is 119 Å². The van der Waals surface area contributed by atoms with Crippen LogP contribution in [0.5, 0.6) is 0 Å². The summed E-state index contributed by atoms with van der Waals surface area (Å²) in [7, 11) is 0. The van der Waals surface area contributed by atoms with Crippen LogP contribution in [-0.4, -0.2) is 11.2 Å². The minimum Gasteiger partial charge on any atom is -0.393 e. The SMILES string of the molecule is CC(C)=CCC[C@@H](C)C1CC[C@H]2C3=C(CC[C@]12C)[C@@]1(C)CC[C@H](O)C(C)(C)[C@@H]1CC3. The predicted octanol–water partition coefficient (Wildman–Crippen LogP) is 8.09. The van der Waals surface area contributed by atoms with Crippen molar-refractivity contribution >= 4 is 0 Å². The highest BCUT2D eigenvalue weighted by Crippen LogP contribution is 2.68. The summed E-state index contributed by atoms with van der Waals surface area (Å²) in [6.07, 6.45) is 15.3. The highest BCUT2D eigenvalue weighted by atomic mass is 16.3. The number of rotatable bonds is 4. The number of allylic oxidation sites excluding steroid dienone is 4. The van der Waals surface area contributed by atoms with Gasteiger partial charge in [-0.25, -0.2) is 0 Å². The number of aliphatic hydroxyl groups excluding tert-OH is 1. The Bertz CT molecular complexity index is 723. The number of hydrogen-bond donors (Lipinski definition) is 1. The van der Waals surface area contributed by atoms with Crippen LogP contribution in [0, 0.1) is 39.9 Å². The molecule has 4 aliphatic carbocycles. The van der Waals surface area contributed by atoms with Crippen molar-refractivity contribution in [3.05, 3.63) is 22.8 Å². The largest absolute Gasteiger partial charge is 0.393 e. The second-order valence-electron chi connectivity index (χ2n) is 13.0. The van der Waals surface area contributed by atoms with E-state index in [4.69, 9.17) is 0 Å². The zero-order valence-corrected chi connectivity index (χ0v) is 21.0. The number of aliphatic hydroxyl groups is 1. The zero-order valence-electron chi connectivity index (χ0n) is 21.0. The van der Waals surface area contributed by atoms with E-state index in [0.29, 0.717) is 16.7 Å². The summed E-state index contributed by atoms with van der Waals surface area (Å²) in [4.78, 5) is 0. The molecule has 0 radical (unpaired) electrons. The molecule has 1 nitrogen and oxygen atoms in total. The lowest BCUT2D eigenvalue weighted by atomic mass is 9.46. The molecule has 0 saturated heterocycles. The third kappa shape index (κ3) is 3.37. The molecule has 2 saturated carbocycles. The van der Waals surface area contributed by atoms with Crippen LogP contribution in [0.25, 0.3) is 0 Å². The quantitative estimate of drug-likeness (QED) is 0.462. The molecule has 0 aliphatic heterocycles. The van der Waals surface area contributed by atoms with Crippen LogP contribution in [0.2, 0.25) is 0 Å². The Morgan fingerprint density at radius 1 is 1.03 bits per heavy atom. The molecule has 4 aliphatic rings. The van der Waals surface area contributed by atoms with Crippen molar-refractivity contribution < 1.29 is 5.11 Å². The van der Waals surface area contributed by atoms with Gasteiger partial charge in [-0.2, -0.15) is 0 Å². The third-order valence-corrected chi connectivity index (χ3v) is 10.8. The number of fused-ring (bicyclic) bond motifs is 4. The summed E-state index contributed by atoms with van der Waals surface area (Å²) in [5.41, 5.74) is 6.15. The monoisotopic (exact) mass is 412 g/mol. The van der Waals surface area contributed by atoms with Crippen molar-refractivity contribution in [2.24, 2.45) is 39.9 Å².